The van der Waals surface area contributed by atoms with Crippen LogP contribution in [-0.4, -0.2) is 52.5 Å². The molecule has 1 aliphatic heterocycles. The first-order chi connectivity index (χ1) is 12.5. The number of hydrogen-bond donors (Lipinski definition) is 3. The summed E-state index contributed by atoms with van der Waals surface area (Å²) in [5.41, 5.74) is -0.156. The molecule has 0 bridgehead atoms. The fourth-order valence-corrected chi connectivity index (χ4v) is 3.16. The number of hydrogen-bond acceptors (Lipinski definition) is 4. The van der Waals surface area contributed by atoms with Crippen molar-refractivity contribution in [1.82, 2.24) is 15.2 Å². The third-order valence-electron chi connectivity index (χ3n) is 4.60. The van der Waals surface area contributed by atoms with E-state index in [2.05, 4.69) is 16.9 Å². The van der Waals surface area contributed by atoms with Crippen LogP contribution in [0.4, 0.5) is 0 Å². The highest BCUT2D eigenvalue weighted by Crippen LogP contribution is 2.17. The van der Waals surface area contributed by atoms with Crippen LogP contribution in [0.25, 0.3) is 10.8 Å². The van der Waals surface area contributed by atoms with Crippen molar-refractivity contribution in [2.45, 2.75) is 12.5 Å². The molecular weight excluding hydrogens is 334 g/mol. The van der Waals surface area contributed by atoms with Gasteiger partial charge in [0.2, 0.25) is 5.91 Å². The van der Waals surface area contributed by atoms with Gasteiger partial charge in [0.05, 0.1) is 6.10 Å². The van der Waals surface area contributed by atoms with E-state index in [1.165, 1.54) is 6.08 Å². The highest BCUT2D eigenvalue weighted by Gasteiger charge is 2.33. The zero-order valence-electron chi connectivity index (χ0n) is 14.3. The molecule has 1 fully saturated rings. The molecule has 0 radical (unpaired) electrons. The number of benzene rings is 1. The quantitative estimate of drug-likeness (QED) is 0.686. The second-order valence-electron chi connectivity index (χ2n) is 6.43. The molecule has 0 aliphatic carbocycles. The van der Waals surface area contributed by atoms with Gasteiger partial charge in [-0.05, 0) is 17.5 Å². The average molecular weight is 355 g/mol. The number of amides is 2. The van der Waals surface area contributed by atoms with Crippen LogP contribution in [0.1, 0.15) is 16.9 Å². The number of nitrogens with one attached hydrogen (secondary N) is 2. The van der Waals surface area contributed by atoms with Crippen molar-refractivity contribution in [3.63, 3.8) is 0 Å². The number of aromatic amines is 1. The van der Waals surface area contributed by atoms with Crippen LogP contribution in [0, 0.1) is 5.92 Å². The molecule has 1 aromatic carbocycles. The van der Waals surface area contributed by atoms with Crippen molar-refractivity contribution in [2.75, 3.05) is 19.6 Å². The molecule has 0 unspecified atom stereocenters. The monoisotopic (exact) mass is 355 g/mol. The zero-order valence-corrected chi connectivity index (χ0v) is 14.3. The highest BCUT2D eigenvalue weighted by molar-refractivity contribution is 5.96. The van der Waals surface area contributed by atoms with Crippen molar-refractivity contribution in [1.29, 1.82) is 0 Å². The summed E-state index contributed by atoms with van der Waals surface area (Å²) < 4.78 is 0. The first-order valence-electron chi connectivity index (χ1n) is 8.46. The van der Waals surface area contributed by atoms with Gasteiger partial charge < -0.3 is 20.3 Å². The van der Waals surface area contributed by atoms with Crippen LogP contribution in [0.3, 0.4) is 0 Å². The molecule has 2 aromatic rings. The Bertz CT molecular complexity index is 905. The number of β-amino-alcohol motifs (C(OH)–C–C–N with tert-alkyl or cyclic N) is 1. The van der Waals surface area contributed by atoms with Gasteiger partial charge in [-0.2, -0.15) is 0 Å². The van der Waals surface area contributed by atoms with Gasteiger partial charge in [0.15, 0.2) is 0 Å². The van der Waals surface area contributed by atoms with Crippen molar-refractivity contribution in [3.05, 3.63) is 59.0 Å². The molecule has 1 saturated heterocycles. The minimum Gasteiger partial charge on any atom is -0.391 e. The SMILES string of the molecule is C=CCC(=O)N1C[C@@H](CNC(=O)c2cc3ccccc3c(=O)[nH]2)[C@H](O)C1. The van der Waals surface area contributed by atoms with Gasteiger partial charge in [0, 0.05) is 37.4 Å². The smallest absolute Gasteiger partial charge is 0.267 e. The number of likely N-dealkylation sites (tertiary alicyclic amines) is 1. The molecule has 3 N–H and O–H groups in total. The fraction of sp³-hybridized carbons (Fsp3) is 0.316. The predicted molar refractivity (Wildman–Crippen MR) is 97.8 cm³/mol. The lowest BCUT2D eigenvalue weighted by Gasteiger charge is -2.15. The standard InChI is InChI=1S/C19H21N3O4/c1-2-5-17(24)22-10-13(16(23)11-22)9-20-19(26)15-8-12-6-3-4-7-14(12)18(25)21-15/h2-4,6-8,13,16,23H,1,5,9-11H2,(H,20,26)(H,21,25)/t13-,16-/m1/s1. The molecule has 1 aliphatic rings. The van der Waals surface area contributed by atoms with E-state index in [0.717, 1.165) is 0 Å². The first-order valence-corrected chi connectivity index (χ1v) is 8.46. The van der Waals surface area contributed by atoms with E-state index < -0.39 is 12.0 Å². The molecule has 3 rings (SSSR count). The highest BCUT2D eigenvalue weighted by atomic mass is 16.3. The summed E-state index contributed by atoms with van der Waals surface area (Å²) in [4.78, 5) is 40.5. The van der Waals surface area contributed by atoms with E-state index >= 15 is 0 Å². The van der Waals surface area contributed by atoms with Gasteiger partial charge in [0.25, 0.3) is 11.5 Å². The summed E-state index contributed by atoms with van der Waals surface area (Å²) in [6.45, 7) is 4.38. The Morgan fingerprint density at radius 1 is 1.35 bits per heavy atom. The Morgan fingerprint density at radius 3 is 2.88 bits per heavy atom. The molecule has 0 spiro atoms. The molecule has 1 aromatic heterocycles. The molecule has 136 valence electrons. The van der Waals surface area contributed by atoms with E-state index in [0.29, 0.717) is 17.3 Å². The first kappa shape index (κ1) is 17.9. The number of aliphatic hydroxyl groups excluding tert-OH is 1. The van der Waals surface area contributed by atoms with Crippen LogP contribution < -0.4 is 10.9 Å². The second-order valence-corrected chi connectivity index (χ2v) is 6.43. The third kappa shape index (κ3) is 3.67. The Balaban J connectivity index is 1.65. The van der Waals surface area contributed by atoms with Crippen LogP contribution >= 0.6 is 0 Å². The van der Waals surface area contributed by atoms with E-state index in [4.69, 9.17) is 0 Å². The number of carbonyl (C=O) groups excluding carboxylic acids is 2. The van der Waals surface area contributed by atoms with Crippen LogP contribution in [0.2, 0.25) is 0 Å². The molecular formula is C19H21N3O4. The summed E-state index contributed by atoms with van der Waals surface area (Å²) in [6.07, 6.45) is 1.06. The number of H-pyrrole nitrogens is 1. The largest absolute Gasteiger partial charge is 0.391 e. The number of fused-ring (bicyclic) bond motifs is 1. The lowest BCUT2D eigenvalue weighted by molar-refractivity contribution is -0.129. The number of rotatable bonds is 5. The average Bonchev–Trinajstić information content (AvgIpc) is 3.01. The number of aromatic nitrogens is 1. The molecule has 2 atom stereocenters. The molecule has 2 amide bonds. The third-order valence-corrected chi connectivity index (χ3v) is 4.60. The minimum absolute atomic E-state index is 0.0910. The van der Waals surface area contributed by atoms with E-state index in [1.807, 2.05) is 0 Å². The summed E-state index contributed by atoms with van der Waals surface area (Å²) in [5.74, 6) is -0.762. The van der Waals surface area contributed by atoms with Gasteiger partial charge in [0.1, 0.15) is 5.69 Å². The van der Waals surface area contributed by atoms with E-state index in [-0.39, 0.29) is 42.6 Å². The normalized spacial score (nSPS) is 19.5. The van der Waals surface area contributed by atoms with Crippen molar-refractivity contribution < 1.29 is 14.7 Å². The number of nitrogens with zero attached hydrogens (tertiary/aromatic N) is 1. The Hall–Kier alpha value is -2.93. The van der Waals surface area contributed by atoms with E-state index in [1.54, 1.807) is 35.2 Å². The van der Waals surface area contributed by atoms with Crippen LogP contribution in [0.15, 0.2) is 47.8 Å². The van der Waals surface area contributed by atoms with Crippen molar-refractivity contribution in [2.24, 2.45) is 5.92 Å². The Kier molecular flexibility index (Phi) is 5.18. The predicted octanol–water partition coefficient (Wildman–Crippen LogP) is 0.653. The minimum atomic E-state index is -0.695. The summed E-state index contributed by atoms with van der Waals surface area (Å²) in [5, 5.41) is 14.0. The van der Waals surface area contributed by atoms with Crippen LogP contribution in [0.5, 0.6) is 0 Å². The van der Waals surface area contributed by atoms with E-state index in [9.17, 15) is 19.5 Å². The Morgan fingerprint density at radius 2 is 2.12 bits per heavy atom. The van der Waals surface area contributed by atoms with Gasteiger partial charge >= 0.3 is 0 Å². The summed E-state index contributed by atoms with van der Waals surface area (Å²) in [6, 6.07) is 8.65. The fourth-order valence-electron chi connectivity index (χ4n) is 3.16. The molecule has 2 heterocycles. The maximum absolute atomic E-state index is 12.4. The zero-order chi connectivity index (χ0) is 18.7. The van der Waals surface area contributed by atoms with Crippen molar-refractivity contribution in [3.8, 4) is 0 Å². The lowest BCUT2D eigenvalue weighted by Crippen LogP contribution is -2.35. The summed E-state index contributed by atoms with van der Waals surface area (Å²) in [7, 11) is 0. The summed E-state index contributed by atoms with van der Waals surface area (Å²) >= 11 is 0. The molecule has 7 nitrogen and oxygen atoms in total. The molecule has 26 heavy (non-hydrogen) atoms. The van der Waals surface area contributed by atoms with Gasteiger partial charge in [-0.25, -0.2) is 0 Å². The topological polar surface area (TPSA) is 103 Å². The molecule has 0 saturated carbocycles. The van der Waals surface area contributed by atoms with Crippen molar-refractivity contribution >= 4 is 22.6 Å². The number of aliphatic hydroxyl groups is 1. The van der Waals surface area contributed by atoms with Gasteiger partial charge in [-0.15, -0.1) is 6.58 Å². The number of pyridine rings is 1. The van der Waals surface area contributed by atoms with Gasteiger partial charge in [-0.3, -0.25) is 14.4 Å². The second kappa shape index (κ2) is 7.53. The lowest BCUT2D eigenvalue weighted by atomic mass is 10.1. The maximum Gasteiger partial charge on any atom is 0.267 e. The molecule has 7 heteroatoms. The maximum atomic E-state index is 12.4. The number of carbonyl (C=O) groups is 2. The Labute approximate surface area is 150 Å². The van der Waals surface area contributed by atoms with Gasteiger partial charge in [-0.1, -0.05) is 24.3 Å². The van der Waals surface area contributed by atoms with Crippen LogP contribution in [-0.2, 0) is 4.79 Å².